The summed E-state index contributed by atoms with van der Waals surface area (Å²) >= 11 is 0. The molecule has 0 heterocycles. The minimum absolute atomic E-state index is 0.166. The molecule has 0 aromatic heterocycles. The standard InChI is InChI=1S/C13H16N2O5/c1-20-7-6-15(8-11(16)17)13(19)10-4-2-9(3-5-10)12(14)18/h2-5H,6-8H2,1H3,(H2,14,18)(H,16,17). The van der Waals surface area contributed by atoms with E-state index >= 15 is 0 Å². The fourth-order valence-corrected chi connectivity index (χ4v) is 1.58. The van der Waals surface area contributed by atoms with E-state index in [1.54, 1.807) is 0 Å². The predicted octanol–water partition coefficient (Wildman–Crippen LogP) is -0.0413. The summed E-state index contributed by atoms with van der Waals surface area (Å²) in [6.45, 7) is -0.0165. The summed E-state index contributed by atoms with van der Waals surface area (Å²) in [6, 6.07) is 5.71. The molecular weight excluding hydrogens is 264 g/mol. The monoisotopic (exact) mass is 280 g/mol. The van der Waals surface area contributed by atoms with E-state index in [1.165, 1.54) is 31.4 Å². The number of ether oxygens (including phenoxy) is 1. The van der Waals surface area contributed by atoms with Crippen LogP contribution < -0.4 is 5.73 Å². The molecule has 0 aliphatic heterocycles. The van der Waals surface area contributed by atoms with E-state index in [0.717, 1.165) is 4.90 Å². The van der Waals surface area contributed by atoms with Gasteiger partial charge in [0.05, 0.1) is 6.61 Å². The molecule has 7 heteroatoms. The van der Waals surface area contributed by atoms with E-state index in [1.807, 2.05) is 0 Å². The fraction of sp³-hybridized carbons (Fsp3) is 0.308. The highest BCUT2D eigenvalue weighted by molar-refractivity contribution is 5.98. The molecule has 0 saturated heterocycles. The molecule has 0 spiro atoms. The van der Waals surface area contributed by atoms with Crippen LogP contribution in [0.2, 0.25) is 0 Å². The zero-order chi connectivity index (χ0) is 15.1. The van der Waals surface area contributed by atoms with Gasteiger partial charge in [-0.3, -0.25) is 14.4 Å². The molecule has 20 heavy (non-hydrogen) atoms. The number of methoxy groups -OCH3 is 1. The molecule has 0 atom stereocenters. The van der Waals surface area contributed by atoms with E-state index in [0.29, 0.717) is 0 Å². The maximum atomic E-state index is 12.2. The van der Waals surface area contributed by atoms with Gasteiger partial charge < -0.3 is 20.5 Å². The topological polar surface area (TPSA) is 110 Å². The first-order valence-electron chi connectivity index (χ1n) is 5.85. The van der Waals surface area contributed by atoms with Crippen molar-refractivity contribution in [3.8, 4) is 0 Å². The van der Waals surface area contributed by atoms with Gasteiger partial charge in [0.15, 0.2) is 0 Å². The van der Waals surface area contributed by atoms with Crippen molar-refractivity contribution in [2.75, 3.05) is 26.8 Å². The third-order valence-electron chi connectivity index (χ3n) is 2.60. The number of hydrogen-bond donors (Lipinski definition) is 2. The van der Waals surface area contributed by atoms with Crippen molar-refractivity contribution in [3.05, 3.63) is 35.4 Å². The Balaban J connectivity index is 2.87. The van der Waals surface area contributed by atoms with Crippen molar-refractivity contribution < 1.29 is 24.2 Å². The van der Waals surface area contributed by atoms with Crippen molar-refractivity contribution in [1.82, 2.24) is 4.90 Å². The first-order chi connectivity index (χ1) is 9.45. The molecule has 0 unspecified atom stereocenters. The van der Waals surface area contributed by atoms with E-state index in [2.05, 4.69) is 0 Å². The summed E-state index contributed by atoms with van der Waals surface area (Å²) < 4.78 is 4.84. The molecule has 0 radical (unpaired) electrons. The minimum atomic E-state index is -1.11. The highest BCUT2D eigenvalue weighted by Gasteiger charge is 2.18. The third kappa shape index (κ3) is 4.36. The normalized spacial score (nSPS) is 10.1. The molecule has 1 aromatic rings. The van der Waals surface area contributed by atoms with Gasteiger partial charge in [0.1, 0.15) is 6.54 Å². The van der Waals surface area contributed by atoms with Gasteiger partial charge >= 0.3 is 5.97 Å². The Morgan fingerprint density at radius 3 is 2.20 bits per heavy atom. The summed E-state index contributed by atoms with van der Waals surface area (Å²) in [5.41, 5.74) is 5.67. The number of primary amides is 1. The molecule has 0 bridgehead atoms. The number of amides is 2. The number of benzene rings is 1. The molecule has 0 fully saturated rings. The Morgan fingerprint density at radius 2 is 1.75 bits per heavy atom. The van der Waals surface area contributed by atoms with Crippen LogP contribution in [0.15, 0.2) is 24.3 Å². The van der Waals surface area contributed by atoms with Crippen LogP contribution >= 0.6 is 0 Å². The average Bonchev–Trinajstić information content (AvgIpc) is 2.42. The predicted molar refractivity (Wildman–Crippen MR) is 70.4 cm³/mol. The van der Waals surface area contributed by atoms with Crippen LogP contribution in [0.25, 0.3) is 0 Å². The van der Waals surface area contributed by atoms with Gasteiger partial charge in [0, 0.05) is 24.8 Å². The number of carbonyl (C=O) groups excluding carboxylic acids is 2. The minimum Gasteiger partial charge on any atom is -0.480 e. The lowest BCUT2D eigenvalue weighted by molar-refractivity contribution is -0.137. The van der Waals surface area contributed by atoms with E-state index in [9.17, 15) is 14.4 Å². The molecule has 108 valence electrons. The number of nitrogens with two attached hydrogens (primary N) is 1. The van der Waals surface area contributed by atoms with E-state index in [4.69, 9.17) is 15.6 Å². The number of hydrogen-bond acceptors (Lipinski definition) is 4. The highest BCUT2D eigenvalue weighted by atomic mass is 16.5. The largest absolute Gasteiger partial charge is 0.480 e. The Morgan fingerprint density at radius 1 is 1.20 bits per heavy atom. The number of aliphatic carboxylic acids is 1. The fourth-order valence-electron chi connectivity index (χ4n) is 1.58. The average molecular weight is 280 g/mol. The maximum absolute atomic E-state index is 12.2. The maximum Gasteiger partial charge on any atom is 0.323 e. The molecule has 3 N–H and O–H groups in total. The Labute approximate surface area is 115 Å². The molecular formula is C13H16N2O5. The molecule has 0 aliphatic carbocycles. The van der Waals surface area contributed by atoms with Crippen molar-refractivity contribution in [2.45, 2.75) is 0 Å². The second kappa shape index (κ2) is 7.25. The summed E-state index contributed by atoms with van der Waals surface area (Å²) in [6.07, 6.45) is 0. The molecule has 0 aliphatic rings. The van der Waals surface area contributed by atoms with Crippen molar-refractivity contribution >= 4 is 17.8 Å². The molecule has 2 amide bonds. The lowest BCUT2D eigenvalue weighted by atomic mass is 10.1. The lowest BCUT2D eigenvalue weighted by Crippen LogP contribution is -2.38. The van der Waals surface area contributed by atoms with Gasteiger partial charge in [-0.1, -0.05) is 0 Å². The Bertz CT molecular complexity index is 498. The van der Waals surface area contributed by atoms with Crippen LogP contribution in [-0.4, -0.2) is 54.6 Å². The van der Waals surface area contributed by atoms with Crippen LogP contribution in [-0.2, 0) is 9.53 Å². The van der Waals surface area contributed by atoms with Gasteiger partial charge in [-0.05, 0) is 24.3 Å². The van der Waals surface area contributed by atoms with Crippen LogP contribution in [0, 0.1) is 0 Å². The second-order valence-corrected chi connectivity index (χ2v) is 4.05. The molecule has 1 aromatic carbocycles. The van der Waals surface area contributed by atoms with Crippen LogP contribution in [0.3, 0.4) is 0 Å². The van der Waals surface area contributed by atoms with Gasteiger partial charge in [0.25, 0.3) is 5.91 Å². The van der Waals surface area contributed by atoms with Crippen molar-refractivity contribution in [2.24, 2.45) is 5.73 Å². The van der Waals surface area contributed by atoms with Gasteiger partial charge in [-0.2, -0.15) is 0 Å². The van der Waals surface area contributed by atoms with Crippen LogP contribution in [0.4, 0.5) is 0 Å². The smallest absolute Gasteiger partial charge is 0.323 e. The third-order valence-corrected chi connectivity index (χ3v) is 2.60. The first-order valence-corrected chi connectivity index (χ1v) is 5.85. The summed E-state index contributed by atoms with van der Waals surface area (Å²) in [5.74, 6) is -2.14. The first kappa shape index (κ1) is 15.6. The van der Waals surface area contributed by atoms with Gasteiger partial charge in [0.2, 0.25) is 5.91 Å². The molecule has 0 saturated carbocycles. The number of rotatable bonds is 7. The van der Waals surface area contributed by atoms with Crippen molar-refractivity contribution in [3.63, 3.8) is 0 Å². The lowest BCUT2D eigenvalue weighted by Gasteiger charge is -2.20. The Kier molecular flexibility index (Phi) is 5.67. The van der Waals surface area contributed by atoms with Gasteiger partial charge in [-0.25, -0.2) is 0 Å². The zero-order valence-electron chi connectivity index (χ0n) is 11.0. The second-order valence-electron chi connectivity index (χ2n) is 4.05. The number of nitrogens with zero attached hydrogens (tertiary/aromatic N) is 1. The molecule has 7 nitrogen and oxygen atoms in total. The number of carboxylic acids is 1. The number of carbonyl (C=O) groups is 3. The highest BCUT2D eigenvalue weighted by Crippen LogP contribution is 2.07. The van der Waals surface area contributed by atoms with Crippen LogP contribution in [0.5, 0.6) is 0 Å². The quantitative estimate of drug-likeness (QED) is 0.728. The SMILES string of the molecule is COCCN(CC(=O)O)C(=O)c1ccc(C(N)=O)cc1. The Hall–Kier alpha value is -2.41. The summed E-state index contributed by atoms with van der Waals surface area (Å²) in [4.78, 5) is 35.0. The van der Waals surface area contributed by atoms with Crippen molar-refractivity contribution in [1.29, 1.82) is 0 Å². The van der Waals surface area contributed by atoms with E-state index in [-0.39, 0.29) is 24.3 Å². The number of carboxylic acid groups (broad SMARTS) is 1. The van der Waals surface area contributed by atoms with E-state index < -0.39 is 24.3 Å². The van der Waals surface area contributed by atoms with Gasteiger partial charge in [-0.15, -0.1) is 0 Å². The summed E-state index contributed by atoms with van der Waals surface area (Å²) in [5, 5.41) is 8.80. The summed E-state index contributed by atoms with van der Waals surface area (Å²) in [7, 11) is 1.46. The van der Waals surface area contributed by atoms with Crippen LogP contribution in [0.1, 0.15) is 20.7 Å². The molecule has 1 rings (SSSR count). The zero-order valence-corrected chi connectivity index (χ0v) is 11.0.